The van der Waals surface area contributed by atoms with Gasteiger partial charge in [-0.15, -0.1) is 0 Å². The van der Waals surface area contributed by atoms with E-state index in [0.717, 1.165) is 17.4 Å². The maximum atomic E-state index is 12.3. The number of carbonyl (C=O) groups is 2. The van der Waals surface area contributed by atoms with Crippen LogP contribution in [0, 0.1) is 0 Å². The fourth-order valence-corrected chi connectivity index (χ4v) is 3.02. The second-order valence-corrected chi connectivity index (χ2v) is 7.16. The highest BCUT2D eigenvalue weighted by molar-refractivity contribution is 9.10. The highest BCUT2D eigenvalue weighted by atomic mass is 79.9. The van der Waals surface area contributed by atoms with Gasteiger partial charge in [0.05, 0.1) is 5.69 Å². The molecule has 0 aliphatic heterocycles. The minimum absolute atomic E-state index is 0.150. The van der Waals surface area contributed by atoms with E-state index < -0.39 is 0 Å². The number of nitrogens with one attached hydrogen (secondary N) is 2. The van der Waals surface area contributed by atoms with Crippen molar-refractivity contribution in [2.75, 3.05) is 32.5 Å². The third-order valence-electron chi connectivity index (χ3n) is 3.77. The summed E-state index contributed by atoms with van der Waals surface area (Å²) < 4.78 is 4.28. The Hall–Kier alpha value is -2.06. The summed E-state index contributed by atoms with van der Waals surface area (Å²) in [4.78, 5) is 26.7. The molecule has 0 fully saturated rings. The first-order chi connectivity index (χ1) is 11.8. The molecule has 0 unspecified atom stereocenters. The van der Waals surface area contributed by atoms with Gasteiger partial charge in [0.15, 0.2) is 0 Å². The van der Waals surface area contributed by atoms with Crippen LogP contribution in [0.1, 0.15) is 27.4 Å². The van der Waals surface area contributed by atoms with Crippen molar-refractivity contribution in [2.45, 2.75) is 6.42 Å². The molecular weight excluding hydrogens is 386 g/mol. The molecule has 25 heavy (non-hydrogen) atoms. The van der Waals surface area contributed by atoms with E-state index in [1.54, 1.807) is 41.6 Å². The molecule has 0 saturated carbocycles. The summed E-state index contributed by atoms with van der Waals surface area (Å²) in [5.41, 5.74) is 1.63. The van der Waals surface area contributed by atoms with Crippen molar-refractivity contribution >= 4 is 33.4 Å². The van der Waals surface area contributed by atoms with Gasteiger partial charge in [0.25, 0.3) is 11.8 Å². The lowest BCUT2D eigenvalue weighted by atomic mass is 10.3. The zero-order valence-electron chi connectivity index (χ0n) is 15.0. The van der Waals surface area contributed by atoms with Crippen LogP contribution in [-0.2, 0) is 14.1 Å². The number of nitrogens with zero attached hydrogens (tertiary/aromatic N) is 3. The van der Waals surface area contributed by atoms with E-state index in [-0.39, 0.29) is 11.8 Å². The van der Waals surface area contributed by atoms with Gasteiger partial charge in [-0.3, -0.25) is 9.59 Å². The molecule has 2 N–H and O–H groups in total. The van der Waals surface area contributed by atoms with Crippen LogP contribution in [0.4, 0.5) is 5.69 Å². The maximum absolute atomic E-state index is 12.3. The van der Waals surface area contributed by atoms with Crippen molar-refractivity contribution in [3.05, 3.63) is 40.4 Å². The molecule has 2 aromatic heterocycles. The number of aromatic nitrogens is 2. The number of amides is 2. The van der Waals surface area contributed by atoms with E-state index in [9.17, 15) is 9.59 Å². The molecule has 8 heteroatoms. The predicted octanol–water partition coefficient (Wildman–Crippen LogP) is 2.06. The van der Waals surface area contributed by atoms with E-state index in [2.05, 4.69) is 31.5 Å². The third kappa shape index (κ3) is 5.20. The molecule has 0 aliphatic rings. The zero-order chi connectivity index (χ0) is 18.6. The average molecular weight is 410 g/mol. The molecule has 0 bridgehead atoms. The smallest absolute Gasteiger partial charge is 0.272 e. The largest absolute Gasteiger partial charge is 0.351 e. The summed E-state index contributed by atoms with van der Waals surface area (Å²) in [5, 5.41) is 5.72. The van der Waals surface area contributed by atoms with Crippen molar-refractivity contribution in [1.82, 2.24) is 19.4 Å². The molecule has 7 nitrogen and oxygen atoms in total. The molecule has 0 aliphatic carbocycles. The van der Waals surface area contributed by atoms with Gasteiger partial charge in [-0.1, -0.05) is 0 Å². The summed E-state index contributed by atoms with van der Waals surface area (Å²) in [7, 11) is 7.58. The second kappa shape index (κ2) is 8.35. The van der Waals surface area contributed by atoms with E-state index >= 15 is 0 Å². The molecule has 0 radical (unpaired) electrons. The quantitative estimate of drug-likeness (QED) is 0.687. The predicted molar refractivity (Wildman–Crippen MR) is 102 cm³/mol. The van der Waals surface area contributed by atoms with Crippen molar-refractivity contribution in [3.63, 3.8) is 0 Å². The van der Waals surface area contributed by atoms with Crippen LogP contribution in [0.2, 0.25) is 0 Å². The number of hydrogen-bond donors (Lipinski definition) is 2. The lowest BCUT2D eigenvalue weighted by Gasteiger charge is -2.10. The van der Waals surface area contributed by atoms with E-state index in [1.807, 2.05) is 20.3 Å². The molecular formula is C17H24BrN5O2. The fourth-order valence-electron chi connectivity index (χ4n) is 2.49. The highest BCUT2D eigenvalue weighted by Gasteiger charge is 2.15. The molecule has 0 spiro atoms. The van der Waals surface area contributed by atoms with E-state index in [1.165, 1.54) is 0 Å². The standard InChI is InChI=1S/C17H24BrN5O2/c1-21(2)7-5-6-19-16(24)15-9-13(11-23(15)4)20-17(25)14-8-12(18)10-22(14)3/h8-11H,5-7H2,1-4H3,(H,19,24)(H,20,25). The van der Waals surface area contributed by atoms with Crippen LogP contribution in [0.25, 0.3) is 0 Å². The summed E-state index contributed by atoms with van der Waals surface area (Å²) in [6.07, 6.45) is 4.42. The molecule has 0 atom stereocenters. The van der Waals surface area contributed by atoms with Gasteiger partial charge >= 0.3 is 0 Å². The van der Waals surface area contributed by atoms with Gasteiger partial charge in [0.2, 0.25) is 0 Å². The molecule has 0 aromatic carbocycles. The number of anilines is 1. The van der Waals surface area contributed by atoms with Crippen LogP contribution in [0.3, 0.4) is 0 Å². The normalized spacial score (nSPS) is 11.0. The Morgan fingerprint density at radius 3 is 2.32 bits per heavy atom. The van der Waals surface area contributed by atoms with Crippen LogP contribution >= 0.6 is 15.9 Å². The number of halogens is 1. The number of carbonyl (C=O) groups excluding carboxylic acids is 2. The van der Waals surface area contributed by atoms with Gasteiger partial charge in [0.1, 0.15) is 11.4 Å². The Morgan fingerprint density at radius 2 is 1.72 bits per heavy atom. The Bertz CT molecular complexity index is 763. The minimum atomic E-state index is -0.225. The minimum Gasteiger partial charge on any atom is -0.351 e. The van der Waals surface area contributed by atoms with Gasteiger partial charge in [0, 0.05) is 37.5 Å². The zero-order valence-corrected chi connectivity index (χ0v) is 16.6. The first kappa shape index (κ1) is 19.3. The highest BCUT2D eigenvalue weighted by Crippen LogP contribution is 2.17. The summed E-state index contributed by atoms with van der Waals surface area (Å²) in [6, 6.07) is 3.42. The van der Waals surface area contributed by atoms with Gasteiger partial charge in [-0.25, -0.2) is 0 Å². The SMILES string of the molecule is CN(C)CCCNC(=O)c1cc(NC(=O)c2cc(Br)cn2C)cn1C. The average Bonchev–Trinajstić information content (AvgIpc) is 3.05. The van der Waals surface area contributed by atoms with E-state index in [0.29, 0.717) is 23.6 Å². The first-order valence-electron chi connectivity index (χ1n) is 8.00. The van der Waals surface area contributed by atoms with Crippen molar-refractivity contribution in [2.24, 2.45) is 14.1 Å². The molecule has 2 rings (SSSR count). The number of rotatable bonds is 7. The van der Waals surface area contributed by atoms with Crippen molar-refractivity contribution in [1.29, 1.82) is 0 Å². The Balaban J connectivity index is 1.98. The Labute approximate surface area is 156 Å². The van der Waals surface area contributed by atoms with Gasteiger partial charge < -0.3 is 24.7 Å². The van der Waals surface area contributed by atoms with Crippen LogP contribution in [-0.4, -0.2) is 53.0 Å². The number of hydrogen-bond acceptors (Lipinski definition) is 3. The third-order valence-corrected chi connectivity index (χ3v) is 4.20. The Kier molecular flexibility index (Phi) is 6.44. The van der Waals surface area contributed by atoms with Gasteiger partial charge in [-0.05, 0) is 55.1 Å². The van der Waals surface area contributed by atoms with Crippen LogP contribution in [0.5, 0.6) is 0 Å². The molecule has 2 heterocycles. The molecule has 2 amide bonds. The lowest BCUT2D eigenvalue weighted by molar-refractivity contribution is 0.0943. The van der Waals surface area contributed by atoms with Gasteiger partial charge in [-0.2, -0.15) is 0 Å². The summed E-state index contributed by atoms with van der Waals surface area (Å²) in [6.45, 7) is 1.53. The van der Waals surface area contributed by atoms with Crippen LogP contribution < -0.4 is 10.6 Å². The maximum Gasteiger partial charge on any atom is 0.272 e. The summed E-state index contributed by atoms with van der Waals surface area (Å²) in [5.74, 6) is -0.375. The Morgan fingerprint density at radius 1 is 1.08 bits per heavy atom. The molecule has 136 valence electrons. The second-order valence-electron chi connectivity index (χ2n) is 6.25. The fraction of sp³-hybridized carbons (Fsp3) is 0.412. The first-order valence-corrected chi connectivity index (χ1v) is 8.79. The monoisotopic (exact) mass is 409 g/mol. The lowest BCUT2D eigenvalue weighted by Crippen LogP contribution is -2.28. The molecule has 0 saturated heterocycles. The van der Waals surface area contributed by atoms with Crippen molar-refractivity contribution in [3.8, 4) is 0 Å². The van der Waals surface area contributed by atoms with E-state index in [4.69, 9.17) is 0 Å². The summed E-state index contributed by atoms with van der Waals surface area (Å²) >= 11 is 3.35. The molecule has 2 aromatic rings. The number of aryl methyl sites for hydroxylation is 2. The van der Waals surface area contributed by atoms with Crippen LogP contribution in [0.15, 0.2) is 29.0 Å². The van der Waals surface area contributed by atoms with Crippen molar-refractivity contribution < 1.29 is 9.59 Å². The topological polar surface area (TPSA) is 71.3 Å².